The first-order valence-electron chi connectivity index (χ1n) is 12.2. The van der Waals surface area contributed by atoms with E-state index in [0.29, 0.717) is 35.5 Å². The number of para-hydroxylation sites is 1. The summed E-state index contributed by atoms with van der Waals surface area (Å²) in [6.45, 7) is 3.93. The zero-order chi connectivity index (χ0) is 26.1. The van der Waals surface area contributed by atoms with E-state index in [-0.39, 0.29) is 35.1 Å². The normalized spacial score (nSPS) is 18.8. The number of nitrogens with zero attached hydrogens (tertiary/aromatic N) is 1. The summed E-state index contributed by atoms with van der Waals surface area (Å²) in [5.74, 6) is -1.93. The largest absolute Gasteiger partial charge is 0.322 e. The quantitative estimate of drug-likeness (QED) is 0.370. The minimum absolute atomic E-state index is 0.225. The van der Waals surface area contributed by atoms with Gasteiger partial charge in [0, 0.05) is 16.9 Å². The van der Waals surface area contributed by atoms with Gasteiger partial charge >= 0.3 is 0 Å². The maximum atomic E-state index is 13.2. The van der Waals surface area contributed by atoms with Crippen LogP contribution in [0.25, 0.3) is 0 Å². The summed E-state index contributed by atoms with van der Waals surface area (Å²) in [4.78, 5) is 53.2. The molecule has 0 radical (unpaired) electrons. The number of carbonyl (C=O) groups is 4. The second-order valence-electron chi connectivity index (χ2n) is 9.58. The molecule has 0 unspecified atom stereocenters. The van der Waals surface area contributed by atoms with E-state index in [1.54, 1.807) is 60.7 Å². The SMILES string of the molecule is CC1=CC[C@H]2C(=O)N(c3ccccc3C(=O)Nc3ccc(NC(=O)c4ccc(C)cc4)cc3)C(=O)[C@@H]2C1. The van der Waals surface area contributed by atoms with Crippen LogP contribution < -0.4 is 15.5 Å². The predicted molar refractivity (Wildman–Crippen MR) is 142 cm³/mol. The maximum Gasteiger partial charge on any atom is 0.257 e. The molecule has 4 amide bonds. The van der Waals surface area contributed by atoms with Crippen molar-refractivity contribution in [1.82, 2.24) is 0 Å². The molecule has 0 bridgehead atoms. The number of hydrogen-bond donors (Lipinski definition) is 2. The van der Waals surface area contributed by atoms with Crippen molar-refractivity contribution < 1.29 is 19.2 Å². The fraction of sp³-hybridized carbons (Fsp3) is 0.200. The third-order valence-electron chi connectivity index (χ3n) is 6.93. The van der Waals surface area contributed by atoms with Gasteiger partial charge in [-0.05, 0) is 75.2 Å². The van der Waals surface area contributed by atoms with Crippen LogP contribution in [-0.4, -0.2) is 23.6 Å². The van der Waals surface area contributed by atoms with Gasteiger partial charge in [0.15, 0.2) is 0 Å². The van der Waals surface area contributed by atoms with E-state index in [9.17, 15) is 19.2 Å². The van der Waals surface area contributed by atoms with Gasteiger partial charge in [-0.3, -0.25) is 19.2 Å². The molecule has 7 nitrogen and oxygen atoms in total. The molecule has 1 aliphatic carbocycles. The Bertz CT molecular complexity index is 1420. The topological polar surface area (TPSA) is 95.6 Å². The van der Waals surface area contributed by atoms with Crippen LogP contribution in [0.15, 0.2) is 84.4 Å². The van der Waals surface area contributed by atoms with Gasteiger partial charge in [-0.15, -0.1) is 0 Å². The molecule has 2 atom stereocenters. The number of carbonyl (C=O) groups excluding carboxylic acids is 4. The lowest BCUT2D eigenvalue weighted by atomic mass is 9.82. The number of benzene rings is 3. The predicted octanol–water partition coefficient (Wildman–Crippen LogP) is 5.35. The van der Waals surface area contributed by atoms with Gasteiger partial charge in [0.1, 0.15) is 0 Å². The number of imide groups is 1. The van der Waals surface area contributed by atoms with Crippen molar-refractivity contribution in [2.45, 2.75) is 26.7 Å². The van der Waals surface area contributed by atoms with Gasteiger partial charge in [0.25, 0.3) is 11.8 Å². The number of allylic oxidation sites excluding steroid dienone is 2. The number of nitrogens with one attached hydrogen (secondary N) is 2. The van der Waals surface area contributed by atoms with Gasteiger partial charge in [0.2, 0.25) is 11.8 Å². The summed E-state index contributed by atoms with van der Waals surface area (Å²) in [5, 5.41) is 5.66. The summed E-state index contributed by atoms with van der Waals surface area (Å²) >= 11 is 0. The third-order valence-corrected chi connectivity index (χ3v) is 6.93. The standard InChI is InChI=1S/C30H27N3O4/c1-18-7-10-20(11-8-18)27(34)31-21-12-14-22(15-13-21)32-28(35)24-5-3-4-6-26(24)33-29(36)23-16-9-19(2)17-25(23)30(33)37/h3-15,23,25H,16-17H2,1-2H3,(H,31,34)(H,32,35)/t23-,25-/m1/s1. The fourth-order valence-corrected chi connectivity index (χ4v) is 4.88. The molecule has 3 aromatic carbocycles. The smallest absolute Gasteiger partial charge is 0.257 e. The van der Waals surface area contributed by atoms with Crippen LogP contribution in [0.3, 0.4) is 0 Å². The molecule has 0 saturated carbocycles. The molecule has 1 saturated heterocycles. The van der Waals surface area contributed by atoms with Crippen molar-refractivity contribution in [3.8, 4) is 0 Å². The highest BCUT2D eigenvalue weighted by Gasteiger charge is 2.49. The molecular formula is C30H27N3O4. The van der Waals surface area contributed by atoms with E-state index in [1.165, 1.54) is 4.90 Å². The summed E-state index contributed by atoms with van der Waals surface area (Å²) in [7, 11) is 0. The van der Waals surface area contributed by atoms with E-state index in [0.717, 1.165) is 11.1 Å². The van der Waals surface area contributed by atoms with Crippen LogP contribution in [0.4, 0.5) is 17.1 Å². The molecule has 37 heavy (non-hydrogen) atoms. The van der Waals surface area contributed by atoms with Crippen molar-refractivity contribution in [2.75, 3.05) is 15.5 Å². The van der Waals surface area contributed by atoms with Gasteiger partial charge in [-0.1, -0.05) is 41.5 Å². The summed E-state index contributed by atoms with van der Waals surface area (Å²) in [5.41, 5.74) is 4.37. The number of aryl methyl sites for hydroxylation is 1. The molecule has 1 aliphatic heterocycles. The summed E-state index contributed by atoms with van der Waals surface area (Å²) in [6, 6.07) is 20.7. The second-order valence-corrected chi connectivity index (χ2v) is 9.58. The van der Waals surface area contributed by atoms with Crippen molar-refractivity contribution in [2.24, 2.45) is 11.8 Å². The maximum absolute atomic E-state index is 13.2. The lowest BCUT2D eigenvalue weighted by Gasteiger charge is -2.19. The Kier molecular flexibility index (Phi) is 6.44. The molecule has 2 aliphatic rings. The third kappa shape index (κ3) is 4.80. The number of rotatable bonds is 5. The molecule has 3 aromatic rings. The molecule has 5 rings (SSSR count). The lowest BCUT2D eigenvalue weighted by Crippen LogP contribution is -2.33. The molecule has 0 spiro atoms. The van der Waals surface area contributed by atoms with Crippen LogP contribution >= 0.6 is 0 Å². The lowest BCUT2D eigenvalue weighted by molar-refractivity contribution is -0.122. The van der Waals surface area contributed by atoms with Crippen LogP contribution in [-0.2, 0) is 9.59 Å². The fourth-order valence-electron chi connectivity index (χ4n) is 4.88. The van der Waals surface area contributed by atoms with E-state index >= 15 is 0 Å². The first-order valence-corrected chi connectivity index (χ1v) is 12.2. The first-order chi connectivity index (χ1) is 17.8. The minimum Gasteiger partial charge on any atom is -0.322 e. The highest BCUT2D eigenvalue weighted by atomic mass is 16.2. The average Bonchev–Trinajstić information content (AvgIpc) is 3.14. The molecule has 7 heteroatoms. The first kappa shape index (κ1) is 24.2. The zero-order valence-corrected chi connectivity index (χ0v) is 20.7. The Morgan fingerprint density at radius 2 is 1.35 bits per heavy atom. The Morgan fingerprint density at radius 1 is 0.757 bits per heavy atom. The van der Waals surface area contributed by atoms with Gasteiger partial charge < -0.3 is 10.6 Å². The van der Waals surface area contributed by atoms with E-state index in [4.69, 9.17) is 0 Å². The van der Waals surface area contributed by atoms with Crippen LogP contribution in [0.2, 0.25) is 0 Å². The molecular weight excluding hydrogens is 466 g/mol. The van der Waals surface area contributed by atoms with Crippen LogP contribution in [0.5, 0.6) is 0 Å². The number of amides is 4. The molecule has 1 fully saturated rings. The Hall–Kier alpha value is -4.52. The number of anilines is 3. The van der Waals surface area contributed by atoms with Crippen molar-refractivity contribution in [1.29, 1.82) is 0 Å². The Morgan fingerprint density at radius 3 is 2.03 bits per heavy atom. The van der Waals surface area contributed by atoms with E-state index in [2.05, 4.69) is 10.6 Å². The molecule has 2 N–H and O–H groups in total. The number of fused-ring (bicyclic) bond motifs is 1. The Balaban J connectivity index is 1.30. The number of hydrogen-bond acceptors (Lipinski definition) is 4. The van der Waals surface area contributed by atoms with Crippen molar-refractivity contribution in [3.63, 3.8) is 0 Å². The van der Waals surface area contributed by atoms with Gasteiger partial charge in [-0.2, -0.15) is 0 Å². The molecule has 186 valence electrons. The van der Waals surface area contributed by atoms with Gasteiger partial charge in [-0.25, -0.2) is 4.90 Å². The molecule has 1 heterocycles. The van der Waals surface area contributed by atoms with Crippen LogP contribution in [0, 0.1) is 18.8 Å². The highest BCUT2D eigenvalue weighted by molar-refractivity contribution is 6.25. The van der Waals surface area contributed by atoms with Crippen molar-refractivity contribution in [3.05, 3.63) is 101 Å². The van der Waals surface area contributed by atoms with E-state index in [1.807, 2.05) is 32.1 Å². The highest BCUT2D eigenvalue weighted by Crippen LogP contribution is 2.40. The van der Waals surface area contributed by atoms with Crippen LogP contribution in [0.1, 0.15) is 46.0 Å². The molecule has 0 aromatic heterocycles. The van der Waals surface area contributed by atoms with E-state index < -0.39 is 5.91 Å². The zero-order valence-electron chi connectivity index (χ0n) is 20.7. The minimum atomic E-state index is -0.434. The second kappa shape index (κ2) is 9.85. The van der Waals surface area contributed by atoms with Gasteiger partial charge in [0.05, 0.1) is 23.1 Å². The Labute approximate surface area is 215 Å². The summed E-state index contributed by atoms with van der Waals surface area (Å²) in [6.07, 6.45) is 3.12. The summed E-state index contributed by atoms with van der Waals surface area (Å²) < 4.78 is 0. The van der Waals surface area contributed by atoms with Crippen molar-refractivity contribution >= 4 is 40.7 Å². The average molecular weight is 494 g/mol. The monoisotopic (exact) mass is 493 g/mol.